The first-order chi connectivity index (χ1) is 17.6. The molecule has 0 radical (unpaired) electrons. The maximum atomic E-state index is 5.72. The Kier molecular flexibility index (Phi) is 5.98. The SMILES string of the molecule is C=C(NC(=C/N)/C(=C\N)OC)c1cc2ccc(-c3nccc(Nc4ccc5[nH]ncc5c4)n3)cc2[nH]1. The van der Waals surface area contributed by atoms with E-state index in [-0.39, 0.29) is 0 Å². The van der Waals surface area contributed by atoms with E-state index in [0.29, 0.717) is 28.8 Å². The zero-order valence-corrected chi connectivity index (χ0v) is 19.5. The zero-order chi connectivity index (χ0) is 25.1. The topological polar surface area (TPSA) is 156 Å². The molecule has 0 aliphatic rings. The minimum Gasteiger partial charge on any atom is -0.493 e. The number of nitrogens with zero attached hydrogens (tertiary/aromatic N) is 3. The van der Waals surface area contributed by atoms with Gasteiger partial charge in [-0.05, 0) is 36.4 Å². The number of aromatic amines is 2. The van der Waals surface area contributed by atoms with Crippen molar-refractivity contribution in [3.8, 4) is 11.4 Å². The summed E-state index contributed by atoms with van der Waals surface area (Å²) in [5, 5.41) is 15.5. The van der Waals surface area contributed by atoms with Gasteiger partial charge in [-0.1, -0.05) is 18.7 Å². The summed E-state index contributed by atoms with van der Waals surface area (Å²) in [5.41, 5.74) is 16.9. The fraction of sp³-hybridized carbons (Fsp3) is 0.0385. The van der Waals surface area contributed by atoms with Gasteiger partial charge >= 0.3 is 0 Å². The van der Waals surface area contributed by atoms with Gasteiger partial charge in [0.1, 0.15) is 5.82 Å². The summed E-state index contributed by atoms with van der Waals surface area (Å²) in [6.07, 6.45) is 6.22. The molecule has 36 heavy (non-hydrogen) atoms. The number of rotatable bonds is 8. The summed E-state index contributed by atoms with van der Waals surface area (Å²) in [4.78, 5) is 12.5. The van der Waals surface area contributed by atoms with Crippen molar-refractivity contribution < 1.29 is 4.74 Å². The zero-order valence-electron chi connectivity index (χ0n) is 19.5. The number of hydrogen-bond acceptors (Lipinski definition) is 8. The van der Waals surface area contributed by atoms with Gasteiger partial charge in [0, 0.05) is 46.1 Å². The van der Waals surface area contributed by atoms with E-state index in [1.165, 1.54) is 19.5 Å². The van der Waals surface area contributed by atoms with Crippen LogP contribution in [0.25, 0.3) is 38.9 Å². The quantitative estimate of drug-likeness (QED) is 0.144. The van der Waals surface area contributed by atoms with Crippen LogP contribution in [0.15, 0.2) is 91.4 Å². The first kappa shape index (κ1) is 22.5. The summed E-state index contributed by atoms with van der Waals surface area (Å²) in [6, 6.07) is 15.8. The number of nitrogens with two attached hydrogens (primary N) is 2. The van der Waals surface area contributed by atoms with Crippen molar-refractivity contribution in [1.29, 1.82) is 0 Å². The standard InChI is InChI=1S/C26H25N9O/c1-15(31-23(12-27)24(13-28)36-2)21-10-16-3-4-17(11-22(16)33-21)26-29-8-7-25(34-26)32-19-5-6-20-18(9-19)14-30-35-20/h3-14,31,33H,1,27-28H2,2H3,(H,30,35)(H,29,32,34)/b23-12+,24-13+. The van der Waals surface area contributed by atoms with Gasteiger partial charge in [0.2, 0.25) is 0 Å². The van der Waals surface area contributed by atoms with Gasteiger partial charge in [-0.25, -0.2) is 9.97 Å². The second-order valence-electron chi connectivity index (χ2n) is 7.97. The van der Waals surface area contributed by atoms with Gasteiger partial charge in [-0.2, -0.15) is 5.10 Å². The highest BCUT2D eigenvalue weighted by Gasteiger charge is 2.11. The van der Waals surface area contributed by atoms with E-state index in [9.17, 15) is 0 Å². The van der Waals surface area contributed by atoms with Crippen LogP contribution in [-0.2, 0) is 4.74 Å². The molecular formula is C26H25N9O. The highest BCUT2D eigenvalue weighted by atomic mass is 16.5. The molecule has 0 bridgehead atoms. The Balaban J connectivity index is 1.38. The summed E-state index contributed by atoms with van der Waals surface area (Å²) in [6.45, 7) is 4.11. The molecular weight excluding hydrogens is 454 g/mol. The van der Waals surface area contributed by atoms with Crippen molar-refractivity contribution in [3.05, 3.63) is 97.1 Å². The fourth-order valence-corrected chi connectivity index (χ4v) is 3.85. The number of ether oxygens (including phenoxy) is 1. The number of nitrogens with one attached hydrogen (secondary N) is 4. The largest absolute Gasteiger partial charge is 0.493 e. The van der Waals surface area contributed by atoms with Crippen molar-refractivity contribution in [1.82, 2.24) is 30.5 Å². The van der Waals surface area contributed by atoms with E-state index >= 15 is 0 Å². The molecule has 2 aromatic carbocycles. The molecule has 0 atom stereocenters. The van der Waals surface area contributed by atoms with E-state index in [4.69, 9.17) is 21.2 Å². The lowest BCUT2D eigenvalue weighted by molar-refractivity contribution is 0.296. The van der Waals surface area contributed by atoms with E-state index in [0.717, 1.165) is 38.8 Å². The van der Waals surface area contributed by atoms with Gasteiger partial charge in [0.05, 0.1) is 35.9 Å². The molecule has 3 aromatic heterocycles. The Morgan fingerprint density at radius 3 is 2.72 bits per heavy atom. The molecule has 0 amide bonds. The van der Waals surface area contributed by atoms with Crippen molar-refractivity contribution in [3.63, 3.8) is 0 Å². The smallest absolute Gasteiger partial charge is 0.161 e. The second-order valence-corrected chi connectivity index (χ2v) is 7.97. The Hall–Kier alpha value is -5.25. The molecule has 5 aromatic rings. The van der Waals surface area contributed by atoms with Crippen LogP contribution in [0.4, 0.5) is 11.5 Å². The number of fused-ring (bicyclic) bond motifs is 2. The van der Waals surface area contributed by atoms with E-state index in [2.05, 4.69) is 37.4 Å². The Bertz CT molecular complexity index is 1630. The monoisotopic (exact) mass is 479 g/mol. The molecule has 3 heterocycles. The van der Waals surface area contributed by atoms with Gasteiger partial charge in [0.15, 0.2) is 11.6 Å². The first-order valence-corrected chi connectivity index (χ1v) is 11.1. The summed E-state index contributed by atoms with van der Waals surface area (Å²) in [5.74, 6) is 1.70. The maximum absolute atomic E-state index is 5.72. The summed E-state index contributed by atoms with van der Waals surface area (Å²) >= 11 is 0. The van der Waals surface area contributed by atoms with E-state index < -0.39 is 0 Å². The van der Waals surface area contributed by atoms with Crippen LogP contribution in [0.2, 0.25) is 0 Å². The molecule has 8 N–H and O–H groups in total. The number of benzene rings is 2. The van der Waals surface area contributed by atoms with Gasteiger partial charge in [-0.3, -0.25) is 5.10 Å². The molecule has 180 valence electrons. The van der Waals surface area contributed by atoms with Crippen LogP contribution >= 0.6 is 0 Å². The van der Waals surface area contributed by atoms with Crippen molar-refractivity contribution in [2.45, 2.75) is 0 Å². The predicted molar refractivity (Wildman–Crippen MR) is 142 cm³/mol. The second kappa shape index (κ2) is 9.55. The van der Waals surface area contributed by atoms with Crippen LogP contribution in [-0.4, -0.2) is 32.3 Å². The van der Waals surface area contributed by atoms with Crippen molar-refractivity contribution in [2.24, 2.45) is 11.5 Å². The highest BCUT2D eigenvalue weighted by Crippen LogP contribution is 2.26. The maximum Gasteiger partial charge on any atom is 0.161 e. The normalized spacial score (nSPS) is 12.1. The van der Waals surface area contributed by atoms with Gasteiger partial charge in [0.25, 0.3) is 0 Å². The Morgan fingerprint density at radius 2 is 1.92 bits per heavy atom. The molecule has 0 aliphatic carbocycles. The number of hydrogen-bond donors (Lipinski definition) is 6. The number of aromatic nitrogens is 5. The molecule has 10 heteroatoms. The Labute approximate surface area is 206 Å². The molecule has 0 fully saturated rings. The first-order valence-electron chi connectivity index (χ1n) is 11.1. The Morgan fingerprint density at radius 1 is 1.03 bits per heavy atom. The fourth-order valence-electron chi connectivity index (χ4n) is 3.85. The molecule has 10 nitrogen and oxygen atoms in total. The van der Waals surface area contributed by atoms with Crippen molar-refractivity contribution in [2.75, 3.05) is 12.4 Å². The molecule has 0 spiro atoms. The molecule has 0 unspecified atom stereocenters. The van der Waals surface area contributed by atoms with Crippen molar-refractivity contribution >= 4 is 39.0 Å². The highest BCUT2D eigenvalue weighted by molar-refractivity contribution is 5.88. The van der Waals surface area contributed by atoms with Gasteiger partial charge in [-0.15, -0.1) is 0 Å². The van der Waals surface area contributed by atoms with E-state index in [1.54, 1.807) is 12.4 Å². The molecule has 0 saturated carbocycles. The number of H-pyrrole nitrogens is 2. The van der Waals surface area contributed by atoms with Crippen LogP contribution < -0.4 is 22.1 Å². The van der Waals surface area contributed by atoms with Crippen LogP contribution in [0, 0.1) is 0 Å². The van der Waals surface area contributed by atoms with Crippen LogP contribution in [0.1, 0.15) is 5.69 Å². The lowest BCUT2D eigenvalue weighted by Gasteiger charge is -2.13. The lowest BCUT2D eigenvalue weighted by atomic mass is 10.1. The number of anilines is 2. The minimum atomic E-state index is 0.410. The molecule has 0 aliphatic heterocycles. The summed E-state index contributed by atoms with van der Waals surface area (Å²) in [7, 11) is 1.52. The third kappa shape index (κ3) is 4.42. The molecule has 0 saturated heterocycles. The average Bonchev–Trinajstić information content (AvgIpc) is 3.55. The van der Waals surface area contributed by atoms with Crippen LogP contribution in [0.3, 0.4) is 0 Å². The third-order valence-electron chi connectivity index (χ3n) is 5.66. The van der Waals surface area contributed by atoms with Gasteiger partial charge < -0.3 is 31.8 Å². The minimum absolute atomic E-state index is 0.410. The number of methoxy groups -OCH3 is 1. The third-order valence-corrected chi connectivity index (χ3v) is 5.66. The summed E-state index contributed by atoms with van der Waals surface area (Å²) < 4.78 is 5.23. The predicted octanol–water partition coefficient (Wildman–Crippen LogP) is 4.05. The lowest BCUT2D eigenvalue weighted by Crippen LogP contribution is -2.16. The van der Waals surface area contributed by atoms with Crippen LogP contribution in [0.5, 0.6) is 0 Å². The van der Waals surface area contributed by atoms with E-state index in [1.807, 2.05) is 48.5 Å². The molecule has 5 rings (SSSR count). The average molecular weight is 480 g/mol.